The molecule has 1 saturated heterocycles. The number of ether oxygens (including phenoxy) is 1. The van der Waals surface area contributed by atoms with Crippen LogP contribution < -0.4 is 20.7 Å². The van der Waals surface area contributed by atoms with Gasteiger partial charge in [0.1, 0.15) is 23.7 Å². The number of aromatic nitrogens is 1. The highest BCUT2D eigenvalue weighted by Gasteiger charge is 2.43. The molecular weight excluding hydrogens is 460 g/mol. The van der Waals surface area contributed by atoms with Gasteiger partial charge in [-0.3, -0.25) is 14.9 Å². The molecule has 0 spiro atoms. The van der Waals surface area contributed by atoms with Gasteiger partial charge in [-0.05, 0) is 61.4 Å². The van der Waals surface area contributed by atoms with Crippen molar-refractivity contribution in [2.45, 2.75) is 32.9 Å². The molecule has 1 fully saturated rings. The lowest BCUT2D eigenvalue weighted by molar-refractivity contribution is -0.123. The first-order chi connectivity index (χ1) is 17.2. The van der Waals surface area contributed by atoms with E-state index in [-0.39, 0.29) is 12.5 Å². The van der Waals surface area contributed by atoms with Crippen LogP contribution in [-0.2, 0) is 16.9 Å². The summed E-state index contributed by atoms with van der Waals surface area (Å²) in [7, 11) is 0. The zero-order chi connectivity index (χ0) is 25.4. The Hall–Kier alpha value is -4.66. The van der Waals surface area contributed by atoms with Gasteiger partial charge in [0.25, 0.3) is 11.8 Å². The monoisotopic (exact) mass is 484 g/mol. The third-order valence-electron chi connectivity index (χ3n) is 6.41. The van der Waals surface area contributed by atoms with Crippen molar-refractivity contribution in [3.05, 3.63) is 88.8 Å². The summed E-state index contributed by atoms with van der Waals surface area (Å²) in [6.07, 6.45) is 0. The van der Waals surface area contributed by atoms with Crippen molar-refractivity contribution < 1.29 is 23.6 Å². The maximum Gasteiger partial charge on any atom is 0.322 e. The number of aryl methyl sites for hydroxylation is 2. The number of imide groups is 1. The molecule has 4 amide bonds. The maximum absolute atomic E-state index is 13.3. The number of nitrogens with zero attached hydrogens (tertiary/aromatic N) is 1. The van der Waals surface area contributed by atoms with Gasteiger partial charge in [-0.1, -0.05) is 41.6 Å². The Balaban J connectivity index is 1.41. The molecule has 0 aliphatic carbocycles. The van der Waals surface area contributed by atoms with Crippen LogP contribution in [-0.4, -0.2) is 23.0 Å². The molecule has 3 aromatic carbocycles. The average molecular weight is 485 g/mol. The van der Waals surface area contributed by atoms with Gasteiger partial charge < -0.3 is 19.9 Å². The molecule has 2 heterocycles. The van der Waals surface area contributed by atoms with E-state index in [4.69, 9.17) is 9.26 Å². The molecular formula is C27H24N4O5. The molecule has 1 aromatic heterocycles. The van der Waals surface area contributed by atoms with Gasteiger partial charge in [0.05, 0.1) is 16.8 Å². The zero-order valence-corrected chi connectivity index (χ0v) is 20.0. The smallest absolute Gasteiger partial charge is 0.322 e. The Morgan fingerprint density at radius 3 is 2.36 bits per heavy atom. The largest absolute Gasteiger partial charge is 0.488 e. The Labute approximate surface area is 206 Å². The first-order valence-corrected chi connectivity index (χ1v) is 11.4. The fourth-order valence-electron chi connectivity index (χ4n) is 4.21. The minimum Gasteiger partial charge on any atom is -0.488 e. The highest BCUT2D eigenvalue weighted by molar-refractivity contribution is 6.09. The van der Waals surface area contributed by atoms with Crippen molar-refractivity contribution in [1.29, 1.82) is 0 Å². The number of urea groups is 1. The summed E-state index contributed by atoms with van der Waals surface area (Å²) in [5, 5.41) is 13.6. The summed E-state index contributed by atoms with van der Waals surface area (Å²) in [6, 6.07) is 17.6. The third-order valence-corrected chi connectivity index (χ3v) is 6.41. The van der Waals surface area contributed by atoms with E-state index in [0.717, 1.165) is 22.0 Å². The van der Waals surface area contributed by atoms with Gasteiger partial charge in [-0.15, -0.1) is 0 Å². The van der Waals surface area contributed by atoms with E-state index in [0.29, 0.717) is 28.3 Å². The molecule has 0 unspecified atom stereocenters. The van der Waals surface area contributed by atoms with Crippen LogP contribution in [0, 0.1) is 13.8 Å². The lowest BCUT2D eigenvalue weighted by Gasteiger charge is -2.21. The molecule has 0 bridgehead atoms. The molecule has 0 radical (unpaired) electrons. The molecule has 36 heavy (non-hydrogen) atoms. The van der Waals surface area contributed by atoms with E-state index in [9.17, 15) is 14.4 Å². The van der Waals surface area contributed by atoms with E-state index in [1.807, 2.05) is 44.2 Å². The van der Waals surface area contributed by atoms with Crippen LogP contribution in [0.5, 0.6) is 5.75 Å². The second-order valence-corrected chi connectivity index (χ2v) is 8.85. The highest BCUT2D eigenvalue weighted by Crippen LogP contribution is 2.30. The fraction of sp³-hybridized carbons (Fsp3) is 0.185. The quantitative estimate of drug-likeness (QED) is 0.350. The molecule has 182 valence electrons. The fourth-order valence-corrected chi connectivity index (χ4v) is 4.21. The van der Waals surface area contributed by atoms with Crippen LogP contribution in [0.1, 0.15) is 39.9 Å². The summed E-state index contributed by atoms with van der Waals surface area (Å²) in [5.74, 6) is 0.321. The van der Waals surface area contributed by atoms with Crippen molar-refractivity contribution in [3.8, 4) is 5.75 Å². The van der Waals surface area contributed by atoms with Crippen molar-refractivity contribution >= 4 is 34.3 Å². The maximum atomic E-state index is 13.3. The van der Waals surface area contributed by atoms with Crippen LogP contribution in [0.15, 0.2) is 65.2 Å². The Morgan fingerprint density at radius 2 is 1.75 bits per heavy atom. The molecule has 3 N–H and O–H groups in total. The SMILES string of the molecule is Cc1noc(C)c1COc1cc2ccccc2cc1C(=O)Nc1ccc([C@@]2(C)NC(=O)NC2=O)cc1. The van der Waals surface area contributed by atoms with Gasteiger partial charge in [0, 0.05) is 5.69 Å². The molecule has 1 aliphatic rings. The molecule has 5 rings (SSSR count). The number of anilines is 1. The number of nitrogens with one attached hydrogen (secondary N) is 3. The van der Waals surface area contributed by atoms with Gasteiger partial charge in [-0.25, -0.2) is 4.79 Å². The molecule has 9 nitrogen and oxygen atoms in total. The van der Waals surface area contributed by atoms with Crippen molar-refractivity contribution in [3.63, 3.8) is 0 Å². The normalized spacial score (nSPS) is 17.1. The van der Waals surface area contributed by atoms with E-state index in [1.165, 1.54) is 0 Å². The summed E-state index contributed by atoms with van der Waals surface area (Å²) in [4.78, 5) is 37.1. The topological polar surface area (TPSA) is 123 Å². The predicted octanol–water partition coefficient (Wildman–Crippen LogP) is 4.33. The lowest BCUT2D eigenvalue weighted by atomic mass is 9.92. The van der Waals surface area contributed by atoms with Gasteiger partial charge >= 0.3 is 6.03 Å². The van der Waals surface area contributed by atoms with Gasteiger partial charge in [-0.2, -0.15) is 0 Å². The number of benzene rings is 3. The lowest BCUT2D eigenvalue weighted by Crippen LogP contribution is -2.40. The molecule has 9 heteroatoms. The summed E-state index contributed by atoms with van der Waals surface area (Å²) in [5.41, 5.74) is 1.90. The molecule has 1 atom stereocenters. The number of hydrogen-bond acceptors (Lipinski definition) is 6. The van der Waals surface area contributed by atoms with Crippen LogP contribution >= 0.6 is 0 Å². The summed E-state index contributed by atoms with van der Waals surface area (Å²) >= 11 is 0. The molecule has 4 aromatic rings. The first kappa shape index (κ1) is 23.1. The van der Waals surface area contributed by atoms with Crippen LogP contribution in [0.3, 0.4) is 0 Å². The van der Waals surface area contributed by atoms with Crippen LogP contribution in [0.2, 0.25) is 0 Å². The minimum atomic E-state index is -1.17. The standard InChI is InChI=1S/C27H24N4O5/c1-15-22(16(2)36-31-15)14-35-23-13-18-7-5-4-6-17(18)12-21(23)24(32)28-20-10-8-19(9-11-20)27(3)25(33)29-26(34)30-27/h4-13H,14H2,1-3H3,(H,28,32)(H2,29,30,33,34)/t27-/m1/s1. The Morgan fingerprint density at radius 1 is 1.06 bits per heavy atom. The van der Waals surface area contributed by atoms with Crippen molar-refractivity contribution in [1.82, 2.24) is 15.8 Å². The van der Waals surface area contributed by atoms with Gasteiger partial charge in [0.2, 0.25) is 0 Å². The average Bonchev–Trinajstić information content (AvgIpc) is 3.33. The third kappa shape index (κ3) is 4.15. The van der Waals surface area contributed by atoms with E-state index in [1.54, 1.807) is 37.3 Å². The summed E-state index contributed by atoms with van der Waals surface area (Å²) < 4.78 is 11.3. The van der Waals surface area contributed by atoms with E-state index in [2.05, 4.69) is 21.1 Å². The number of amides is 4. The number of hydrogen-bond donors (Lipinski definition) is 3. The first-order valence-electron chi connectivity index (χ1n) is 11.4. The van der Waals surface area contributed by atoms with E-state index < -0.39 is 17.5 Å². The minimum absolute atomic E-state index is 0.209. The van der Waals surface area contributed by atoms with Crippen molar-refractivity contribution in [2.24, 2.45) is 0 Å². The molecule has 1 aliphatic heterocycles. The molecule has 0 saturated carbocycles. The van der Waals surface area contributed by atoms with E-state index >= 15 is 0 Å². The zero-order valence-electron chi connectivity index (χ0n) is 20.0. The number of fused-ring (bicyclic) bond motifs is 1. The number of carbonyl (C=O) groups excluding carboxylic acids is 3. The number of rotatable bonds is 6. The Bertz CT molecular complexity index is 1490. The van der Waals surface area contributed by atoms with Gasteiger partial charge in [0.15, 0.2) is 0 Å². The van der Waals surface area contributed by atoms with Crippen LogP contribution in [0.25, 0.3) is 10.8 Å². The Kier molecular flexibility index (Phi) is 5.68. The second kappa shape index (κ2) is 8.84. The van der Waals surface area contributed by atoms with Crippen LogP contribution in [0.4, 0.5) is 10.5 Å². The summed E-state index contributed by atoms with van der Waals surface area (Å²) in [6.45, 7) is 5.49. The van der Waals surface area contributed by atoms with Crippen molar-refractivity contribution in [2.75, 3.05) is 5.32 Å². The predicted molar refractivity (Wildman–Crippen MR) is 133 cm³/mol. The number of carbonyl (C=O) groups is 3. The highest BCUT2D eigenvalue weighted by atomic mass is 16.5. The second-order valence-electron chi connectivity index (χ2n) is 8.85.